The Kier molecular flexibility index (Phi) is 3.54. The van der Waals surface area contributed by atoms with Crippen molar-refractivity contribution < 1.29 is 4.39 Å². The van der Waals surface area contributed by atoms with Gasteiger partial charge >= 0.3 is 0 Å². The highest BCUT2D eigenvalue weighted by Gasteiger charge is 2.22. The Labute approximate surface area is 139 Å². The first kappa shape index (κ1) is 14.5. The third-order valence-corrected chi connectivity index (χ3v) is 4.34. The number of para-hydroxylation sites is 1. The second kappa shape index (κ2) is 5.85. The van der Waals surface area contributed by atoms with Crippen LogP contribution in [0.3, 0.4) is 0 Å². The van der Waals surface area contributed by atoms with Gasteiger partial charge in [0, 0.05) is 37.6 Å². The summed E-state index contributed by atoms with van der Waals surface area (Å²) in [5, 5.41) is 14.7. The molecule has 0 bridgehead atoms. The summed E-state index contributed by atoms with van der Waals surface area (Å²) in [7, 11) is 0. The molecule has 0 saturated carbocycles. The van der Waals surface area contributed by atoms with Crippen LogP contribution in [0.1, 0.15) is 0 Å². The molecule has 0 atom stereocenters. The Balaban J connectivity index is 1.81. The van der Waals surface area contributed by atoms with Crippen LogP contribution < -0.4 is 4.90 Å². The van der Waals surface area contributed by atoms with E-state index < -0.39 is 0 Å². The van der Waals surface area contributed by atoms with Crippen LogP contribution in [0.5, 0.6) is 0 Å². The quantitative estimate of drug-likeness (QED) is 0.681. The number of hydrogen-bond acceptors (Lipinski definition) is 4. The van der Waals surface area contributed by atoms with E-state index in [-0.39, 0.29) is 5.82 Å². The van der Waals surface area contributed by atoms with Gasteiger partial charge in [-0.05, 0) is 24.3 Å². The molecule has 120 valence electrons. The van der Waals surface area contributed by atoms with Crippen LogP contribution in [-0.2, 0) is 0 Å². The van der Waals surface area contributed by atoms with Crippen LogP contribution in [0, 0.1) is 17.3 Å². The number of aromatic nitrogens is 2. The first-order chi connectivity index (χ1) is 11.8. The molecule has 4 rings (SSSR count). The minimum Gasteiger partial charge on any atom is -0.351 e. The molecule has 2 aromatic carbocycles. The van der Waals surface area contributed by atoms with Crippen molar-refractivity contribution in [2.45, 2.75) is 0 Å². The van der Waals surface area contributed by atoms with Crippen molar-refractivity contribution in [1.82, 2.24) is 14.7 Å². The van der Waals surface area contributed by atoms with E-state index >= 15 is 0 Å². The van der Waals surface area contributed by atoms with Crippen molar-refractivity contribution in [3.63, 3.8) is 0 Å². The molecular formula is C18H16FN5. The molecule has 3 aromatic rings. The lowest BCUT2D eigenvalue weighted by Gasteiger charge is -2.31. The molecule has 0 aliphatic carbocycles. The number of anilines is 1. The Morgan fingerprint density at radius 1 is 1.00 bits per heavy atom. The molecule has 0 amide bonds. The van der Waals surface area contributed by atoms with Gasteiger partial charge < -0.3 is 9.80 Å². The zero-order valence-electron chi connectivity index (χ0n) is 13.1. The minimum absolute atomic E-state index is 0.277. The van der Waals surface area contributed by atoms with Crippen molar-refractivity contribution in [1.29, 1.82) is 5.26 Å². The predicted octanol–water partition coefficient (Wildman–Crippen LogP) is 2.77. The van der Waals surface area contributed by atoms with E-state index in [9.17, 15) is 4.39 Å². The fourth-order valence-electron chi connectivity index (χ4n) is 3.09. The largest absolute Gasteiger partial charge is 0.351 e. The third kappa shape index (κ3) is 2.44. The molecule has 0 unspecified atom stereocenters. The molecule has 2 heterocycles. The molecular weight excluding hydrogens is 305 g/mol. The molecule has 0 N–H and O–H groups in total. The molecule has 24 heavy (non-hydrogen) atoms. The average molecular weight is 321 g/mol. The summed E-state index contributed by atoms with van der Waals surface area (Å²) >= 11 is 0. The summed E-state index contributed by atoms with van der Waals surface area (Å²) in [6, 6.07) is 14.5. The summed E-state index contributed by atoms with van der Waals surface area (Å²) < 4.78 is 15.6. The minimum atomic E-state index is -0.277. The number of hydrogen-bond donors (Lipinski definition) is 0. The predicted molar refractivity (Wildman–Crippen MR) is 90.4 cm³/mol. The lowest BCUT2D eigenvalue weighted by Crippen LogP contribution is -2.44. The molecule has 1 aliphatic heterocycles. The van der Waals surface area contributed by atoms with E-state index in [2.05, 4.69) is 11.1 Å². The summed E-state index contributed by atoms with van der Waals surface area (Å²) in [6.45, 7) is 2.81. The van der Waals surface area contributed by atoms with Gasteiger partial charge in [-0.1, -0.05) is 18.2 Å². The number of nitriles is 1. The summed E-state index contributed by atoms with van der Waals surface area (Å²) in [5.74, 6) is 0.562. The number of piperazine rings is 1. The first-order valence-electron chi connectivity index (χ1n) is 7.89. The van der Waals surface area contributed by atoms with Crippen LogP contribution >= 0.6 is 0 Å². The standard InChI is InChI=1S/C18H16FN5/c19-14-6-7-16-17(12-14)24(15-4-2-1-3-5-15)21-18(16)23-10-8-22(13-20)9-11-23/h1-7,12H,8-11H2. The van der Waals surface area contributed by atoms with E-state index in [1.54, 1.807) is 15.6 Å². The Morgan fingerprint density at radius 3 is 2.46 bits per heavy atom. The number of benzene rings is 2. The van der Waals surface area contributed by atoms with Gasteiger partial charge in [0.1, 0.15) is 5.82 Å². The number of halogens is 1. The van der Waals surface area contributed by atoms with Gasteiger partial charge in [0.05, 0.1) is 11.2 Å². The van der Waals surface area contributed by atoms with Crippen LogP contribution in [0.25, 0.3) is 16.6 Å². The van der Waals surface area contributed by atoms with Crippen LogP contribution in [0.15, 0.2) is 48.5 Å². The van der Waals surface area contributed by atoms with Gasteiger partial charge in [0.25, 0.3) is 0 Å². The number of nitrogens with zero attached hydrogens (tertiary/aromatic N) is 5. The summed E-state index contributed by atoms with van der Waals surface area (Å²) in [4.78, 5) is 3.90. The monoisotopic (exact) mass is 321 g/mol. The molecule has 0 radical (unpaired) electrons. The SMILES string of the molecule is N#CN1CCN(c2nn(-c3ccccc3)c3cc(F)ccc23)CC1. The highest BCUT2D eigenvalue weighted by atomic mass is 19.1. The Bertz CT molecular complexity index is 904. The summed E-state index contributed by atoms with van der Waals surface area (Å²) in [5.41, 5.74) is 1.65. The molecule has 1 aromatic heterocycles. The number of rotatable bonds is 2. The maximum atomic E-state index is 13.8. The fourth-order valence-corrected chi connectivity index (χ4v) is 3.09. The van der Waals surface area contributed by atoms with Gasteiger partial charge in [-0.15, -0.1) is 5.10 Å². The van der Waals surface area contributed by atoms with Gasteiger partial charge in [0.15, 0.2) is 12.0 Å². The van der Waals surface area contributed by atoms with E-state index in [1.165, 1.54) is 12.1 Å². The third-order valence-electron chi connectivity index (χ3n) is 4.34. The van der Waals surface area contributed by atoms with Crippen LogP contribution in [0.2, 0.25) is 0 Å². The Hall–Kier alpha value is -3.07. The van der Waals surface area contributed by atoms with Crippen molar-refractivity contribution in [3.8, 4) is 11.9 Å². The number of fused-ring (bicyclic) bond motifs is 1. The molecule has 1 saturated heterocycles. The van der Waals surface area contributed by atoms with Crippen molar-refractivity contribution in [2.75, 3.05) is 31.1 Å². The van der Waals surface area contributed by atoms with Gasteiger partial charge in [-0.25, -0.2) is 9.07 Å². The maximum absolute atomic E-state index is 13.8. The van der Waals surface area contributed by atoms with E-state index in [0.29, 0.717) is 13.1 Å². The highest BCUT2D eigenvalue weighted by molar-refractivity contribution is 5.92. The highest BCUT2D eigenvalue weighted by Crippen LogP contribution is 2.29. The lowest BCUT2D eigenvalue weighted by atomic mass is 10.2. The lowest BCUT2D eigenvalue weighted by molar-refractivity contribution is 0.362. The van der Waals surface area contributed by atoms with Crippen molar-refractivity contribution >= 4 is 16.7 Å². The van der Waals surface area contributed by atoms with Crippen molar-refractivity contribution in [3.05, 3.63) is 54.3 Å². The molecule has 0 spiro atoms. The van der Waals surface area contributed by atoms with Gasteiger partial charge in [-0.3, -0.25) is 0 Å². The zero-order chi connectivity index (χ0) is 16.5. The van der Waals surface area contributed by atoms with E-state index in [1.807, 2.05) is 30.3 Å². The topological polar surface area (TPSA) is 48.1 Å². The molecule has 5 nitrogen and oxygen atoms in total. The normalized spacial score (nSPS) is 14.8. The average Bonchev–Trinajstić information content (AvgIpc) is 3.01. The summed E-state index contributed by atoms with van der Waals surface area (Å²) in [6.07, 6.45) is 2.18. The maximum Gasteiger partial charge on any atom is 0.179 e. The van der Waals surface area contributed by atoms with Crippen LogP contribution in [-0.4, -0.2) is 40.9 Å². The van der Waals surface area contributed by atoms with E-state index in [4.69, 9.17) is 10.4 Å². The molecule has 1 fully saturated rings. The first-order valence-corrected chi connectivity index (χ1v) is 7.89. The van der Waals surface area contributed by atoms with Gasteiger partial charge in [0.2, 0.25) is 0 Å². The zero-order valence-corrected chi connectivity index (χ0v) is 13.1. The second-order valence-electron chi connectivity index (χ2n) is 5.81. The fraction of sp³-hybridized carbons (Fsp3) is 0.222. The van der Waals surface area contributed by atoms with Crippen LogP contribution in [0.4, 0.5) is 10.2 Å². The van der Waals surface area contributed by atoms with E-state index in [0.717, 1.165) is 35.5 Å². The van der Waals surface area contributed by atoms with Gasteiger partial charge in [-0.2, -0.15) is 5.26 Å². The smallest absolute Gasteiger partial charge is 0.179 e. The Morgan fingerprint density at radius 2 is 1.75 bits per heavy atom. The van der Waals surface area contributed by atoms with Crippen molar-refractivity contribution in [2.24, 2.45) is 0 Å². The second-order valence-corrected chi connectivity index (χ2v) is 5.81. The molecule has 6 heteroatoms. The molecule has 1 aliphatic rings.